The Morgan fingerprint density at radius 1 is 1.47 bits per heavy atom. The minimum atomic E-state index is -1.09. The van der Waals surface area contributed by atoms with Crippen LogP contribution in [-0.2, 0) is 9.59 Å². The Hall–Kier alpha value is -2.37. The lowest BCUT2D eigenvalue weighted by atomic mass is 10.1. The van der Waals surface area contributed by atoms with Crippen molar-refractivity contribution >= 4 is 23.8 Å². The smallest absolute Gasteiger partial charge is 0.326 e. The highest BCUT2D eigenvalue weighted by Crippen LogP contribution is 2.11. The van der Waals surface area contributed by atoms with Gasteiger partial charge in [-0.25, -0.2) is 4.79 Å². The predicted molar refractivity (Wildman–Crippen MR) is 63.2 cm³/mol. The molecule has 0 saturated carbocycles. The van der Waals surface area contributed by atoms with Crippen molar-refractivity contribution in [2.45, 2.75) is 12.5 Å². The van der Waals surface area contributed by atoms with Crippen LogP contribution < -0.4 is 11.1 Å². The van der Waals surface area contributed by atoms with Crippen molar-refractivity contribution in [1.29, 1.82) is 5.41 Å². The molecule has 6 heteroatoms. The average molecular weight is 235 g/mol. The van der Waals surface area contributed by atoms with Crippen LogP contribution in [0.25, 0.3) is 0 Å². The van der Waals surface area contributed by atoms with E-state index >= 15 is 0 Å². The van der Waals surface area contributed by atoms with Crippen molar-refractivity contribution in [3.63, 3.8) is 0 Å². The van der Waals surface area contributed by atoms with E-state index in [1.54, 1.807) is 24.3 Å². The lowest BCUT2D eigenvalue weighted by molar-refractivity contribution is -0.138. The Balaban J connectivity index is 2.76. The Labute approximate surface area is 97.9 Å². The molecule has 6 nitrogen and oxygen atoms in total. The molecule has 0 aromatic heterocycles. The maximum atomic E-state index is 10.8. The van der Waals surface area contributed by atoms with Crippen LogP contribution in [0, 0.1) is 5.41 Å². The van der Waals surface area contributed by atoms with Crippen molar-refractivity contribution in [3.05, 3.63) is 29.8 Å². The molecule has 0 fully saturated rings. The number of hydrogen-bond acceptors (Lipinski definition) is 4. The average Bonchev–Trinajstić information content (AvgIpc) is 2.29. The molecule has 90 valence electrons. The standard InChI is InChI=1S/C11H13N3O3/c12-10(13)7-1-3-8(4-2-7)14-9(5-6-15)11(16)17/h1-4,6,9,14H,5H2,(H3,12,13)(H,16,17). The second-order valence-electron chi connectivity index (χ2n) is 3.43. The second-order valence-corrected chi connectivity index (χ2v) is 3.43. The number of aldehydes is 1. The predicted octanol–water partition coefficient (Wildman–Crippen LogP) is 0.425. The maximum absolute atomic E-state index is 10.8. The molecule has 1 aromatic carbocycles. The van der Waals surface area contributed by atoms with Crippen LogP contribution in [0.5, 0.6) is 0 Å². The van der Waals surface area contributed by atoms with Crippen LogP contribution in [-0.4, -0.2) is 29.2 Å². The van der Waals surface area contributed by atoms with Gasteiger partial charge in [0.05, 0.1) is 0 Å². The van der Waals surface area contributed by atoms with E-state index in [4.69, 9.17) is 16.2 Å². The monoisotopic (exact) mass is 235 g/mol. The number of hydrogen-bond donors (Lipinski definition) is 4. The molecule has 17 heavy (non-hydrogen) atoms. The summed E-state index contributed by atoms with van der Waals surface area (Å²) in [6.07, 6.45) is 0.444. The summed E-state index contributed by atoms with van der Waals surface area (Å²) in [5.74, 6) is -1.15. The van der Waals surface area contributed by atoms with E-state index in [1.807, 2.05) is 0 Å². The van der Waals surface area contributed by atoms with Crippen molar-refractivity contribution in [2.24, 2.45) is 5.73 Å². The molecule has 1 atom stereocenters. The van der Waals surface area contributed by atoms with E-state index in [2.05, 4.69) is 5.32 Å². The summed E-state index contributed by atoms with van der Waals surface area (Å²) in [5, 5.41) is 18.7. The number of carbonyl (C=O) groups excluding carboxylic acids is 1. The van der Waals surface area contributed by atoms with Gasteiger partial charge in [-0.15, -0.1) is 0 Å². The molecule has 1 unspecified atom stereocenters. The van der Waals surface area contributed by atoms with E-state index in [9.17, 15) is 9.59 Å². The number of aliphatic carboxylic acids is 1. The summed E-state index contributed by atoms with van der Waals surface area (Å²) in [4.78, 5) is 21.1. The highest BCUT2D eigenvalue weighted by Gasteiger charge is 2.16. The van der Waals surface area contributed by atoms with Gasteiger partial charge in [-0.1, -0.05) is 0 Å². The van der Waals surface area contributed by atoms with Gasteiger partial charge >= 0.3 is 5.97 Å². The van der Waals surface area contributed by atoms with E-state index in [0.717, 1.165) is 0 Å². The third-order valence-corrected chi connectivity index (χ3v) is 2.17. The van der Waals surface area contributed by atoms with E-state index in [0.29, 0.717) is 17.5 Å². The zero-order valence-corrected chi connectivity index (χ0v) is 9.01. The second kappa shape index (κ2) is 5.64. The van der Waals surface area contributed by atoms with Gasteiger partial charge in [-0.3, -0.25) is 5.41 Å². The molecule has 0 aliphatic heterocycles. The third-order valence-electron chi connectivity index (χ3n) is 2.17. The largest absolute Gasteiger partial charge is 0.480 e. The first-order valence-corrected chi connectivity index (χ1v) is 4.92. The van der Waals surface area contributed by atoms with Crippen LogP contribution >= 0.6 is 0 Å². The maximum Gasteiger partial charge on any atom is 0.326 e. The molecule has 0 radical (unpaired) electrons. The van der Waals surface area contributed by atoms with Gasteiger partial charge in [-0.2, -0.15) is 0 Å². The van der Waals surface area contributed by atoms with Crippen molar-refractivity contribution < 1.29 is 14.7 Å². The Bertz CT molecular complexity index is 428. The number of carbonyl (C=O) groups is 2. The van der Waals surface area contributed by atoms with Crippen LogP contribution in [0.1, 0.15) is 12.0 Å². The first-order valence-electron chi connectivity index (χ1n) is 4.92. The molecule has 0 spiro atoms. The number of benzene rings is 1. The van der Waals surface area contributed by atoms with Crippen molar-refractivity contribution in [3.8, 4) is 0 Å². The summed E-state index contributed by atoms with van der Waals surface area (Å²) in [7, 11) is 0. The molecule has 0 heterocycles. The summed E-state index contributed by atoms with van der Waals surface area (Å²) < 4.78 is 0. The van der Waals surface area contributed by atoms with Gasteiger partial charge < -0.3 is 21.0 Å². The zero-order chi connectivity index (χ0) is 12.8. The molecule has 0 bridgehead atoms. The molecular weight excluding hydrogens is 222 g/mol. The van der Waals surface area contributed by atoms with Gasteiger partial charge in [0, 0.05) is 17.7 Å². The van der Waals surface area contributed by atoms with Crippen LogP contribution in [0.4, 0.5) is 5.69 Å². The fourth-order valence-corrected chi connectivity index (χ4v) is 1.26. The van der Waals surface area contributed by atoms with Crippen LogP contribution in [0.15, 0.2) is 24.3 Å². The number of nitrogens with two attached hydrogens (primary N) is 1. The zero-order valence-electron chi connectivity index (χ0n) is 9.01. The number of carboxylic acids is 1. The lowest BCUT2D eigenvalue weighted by Crippen LogP contribution is -2.29. The fraction of sp³-hybridized carbons (Fsp3) is 0.182. The summed E-state index contributed by atoms with van der Waals surface area (Å²) in [6.45, 7) is 0. The SMILES string of the molecule is N=C(N)c1ccc(NC(CC=O)C(=O)O)cc1. The van der Waals surface area contributed by atoms with E-state index in [-0.39, 0.29) is 12.3 Å². The van der Waals surface area contributed by atoms with Crippen LogP contribution in [0.2, 0.25) is 0 Å². The molecule has 5 N–H and O–H groups in total. The fourth-order valence-electron chi connectivity index (χ4n) is 1.26. The number of rotatable bonds is 6. The number of nitrogen functional groups attached to an aromatic ring is 1. The minimum absolute atomic E-state index is 0.0563. The van der Waals surface area contributed by atoms with Gasteiger partial charge in [-0.05, 0) is 24.3 Å². The van der Waals surface area contributed by atoms with E-state index < -0.39 is 12.0 Å². The summed E-state index contributed by atoms with van der Waals surface area (Å²) in [6, 6.07) is 5.47. The number of carboxylic acid groups (broad SMARTS) is 1. The number of anilines is 1. The Kier molecular flexibility index (Phi) is 4.21. The van der Waals surface area contributed by atoms with Gasteiger partial charge in [0.1, 0.15) is 18.2 Å². The van der Waals surface area contributed by atoms with Crippen molar-refractivity contribution in [2.75, 3.05) is 5.32 Å². The molecule has 1 aromatic rings. The van der Waals surface area contributed by atoms with Gasteiger partial charge in [0.25, 0.3) is 0 Å². The van der Waals surface area contributed by atoms with E-state index in [1.165, 1.54) is 0 Å². The van der Waals surface area contributed by atoms with Crippen LogP contribution in [0.3, 0.4) is 0 Å². The number of nitrogens with one attached hydrogen (secondary N) is 2. The molecule has 0 aliphatic rings. The third kappa shape index (κ3) is 3.60. The molecular formula is C11H13N3O3. The Morgan fingerprint density at radius 3 is 2.47 bits per heavy atom. The Morgan fingerprint density at radius 2 is 2.06 bits per heavy atom. The minimum Gasteiger partial charge on any atom is -0.480 e. The van der Waals surface area contributed by atoms with Gasteiger partial charge in [0.15, 0.2) is 0 Å². The number of amidine groups is 1. The normalized spacial score (nSPS) is 11.5. The first kappa shape index (κ1) is 12.7. The first-order chi connectivity index (χ1) is 8.04. The highest BCUT2D eigenvalue weighted by molar-refractivity contribution is 5.95. The van der Waals surface area contributed by atoms with Gasteiger partial charge in [0.2, 0.25) is 0 Å². The molecule has 1 rings (SSSR count). The summed E-state index contributed by atoms with van der Waals surface area (Å²) >= 11 is 0. The van der Waals surface area contributed by atoms with Crippen molar-refractivity contribution in [1.82, 2.24) is 0 Å². The quantitative estimate of drug-likeness (QED) is 0.324. The molecule has 0 saturated heterocycles. The summed E-state index contributed by atoms with van der Waals surface area (Å²) in [5.41, 5.74) is 6.40. The molecule has 0 amide bonds. The molecule has 0 aliphatic carbocycles. The topological polar surface area (TPSA) is 116 Å². The lowest BCUT2D eigenvalue weighted by Gasteiger charge is -2.13. The highest BCUT2D eigenvalue weighted by atomic mass is 16.4.